The molecule has 0 bridgehead atoms. The third-order valence-electron chi connectivity index (χ3n) is 5.78. The van der Waals surface area contributed by atoms with Crippen LogP contribution in [0.2, 0.25) is 0 Å². The molecule has 0 saturated carbocycles. The van der Waals surface area contributed by atoms with Crippen LogP contribution in [0.3, 0.4) is 0 Å². The first-order valence-electron chi connectivity index (χ1n) is 9.68. The molecule has 2 N–H and O–H groups in total. The van der Waals surface area contributed by atoms with Crippen molar-refractivity contribution in [3.63, 3.8) is 0 Å². The Kier molecular flexibility index (Phi) is 4.99. The standard InChI is InChI=1S/C20H24N4O4/c1-23(8-7-12-9-21-10-12)11-13-3-2-4-14-17(13)20(28)24(19(14)27)15-5-6-16(25)22-18(15)26/h2-4,12,15,21H,5-11H2,1H3,(H,22,25,26). The molecule has 4 rings (SSSR count). The summed E-state index contributed by atoms with van der Waals surface area (Å²) in [6.07, 6.45) is 1.38. The number of carbonyl (C=O) groups excluding carboxylic acids is 4. The van der Waals surface area contributed by atoms with Crippen LogP contribution < -0.4 is 10.6 Å². The lowest BCUT2D eigenvalue weighted by Gasteiger charge is -2.29. The van der Waals surface area contributed by atoms with Crippen molar-refractivity contribution < 1.29 is 19.2 Å². The average Bonchev–Trinajstić information content (AvgIpc) is 2.86. The van der Waals surface area contributed by atoms with Gasteiger partial charge in [-0.2, -0.15) is 0 Å². The summed E-state index contributed by atoms with van der Waals surface area (Å²) in [5, 5.41) is 5.48. The zero-order chi connectivity index (χ0) is 19.8. The van der Waals surface area contributed by atoms with E-state index in [-0.39, 0.29) is 18.7 Å². The first-order valence-corrected chi connectivity index (χ1v) is 9.68. The number of benzene rings is 1. The van der Waals surface area contributed by atoms with Crippen molar-refractivity contribution in [3.8, 4) is 0 Å². The second kappa shape index (κ2) is 7.44. The Morgan fingerprint density at radius 1 is 1.14 bits per heavy atom. The zero-order valence-electron chi connectivity index (χ0n) is 15.9. The van der Waals surface area contributed by atoms with Gasteiger partial charge in [0.15, 0.2) is 0 Å². The molecule has 1 unspecified atom stereocenters. The lowest BCUT2D eigenvalue weighted by Crippen LogP contribution is -2.54. The van der Waals surface area contributed by atoms with Gasteiger partial charge >= 0.3 is 0 Å². The zero-order valence-corrected chi connectivity index (χ0v) is 15.9. The molecule has 8 nitrogen and oxygen atoms in total. The summed E-state index contributed by atoms with van der Waals surface area (Å²) in [6.45, 7) is 3.59. The Bertz CT molecular complexity index is 849. The number of hydrogen-bond acceptors (Lipinski definition) is 6. The molecular formula is C20H24N4O4. The minimum atomic E-state index is -0.929. The normalized spacial score (nSPS) is 22.5. The van der Waals surface area contributed by atoms with E-state index in [1.165, 1.54) is 0 Å². The van der Waals surface area contributed by atoms with Crippen molar-refractivity contribution in [2.45, 2.75) is 31.8 Å². The van der Waals surface area contributed by atoms with E-state index in [1.807, 2.05) is 13.1 Å². The Hall–Kier alpha value is -2.58. The summed E-state index contributed by atoms with van der Waals surface area (Å²) < 4.78 is 0. The van der Waals surface area contributed by atoms with Gasteiger partial charge in [-0.25, -0.2) is 0 Å². The Morgan fingerprint density at radius 2 is 1.93 bits per heavy atom. The fourth-order valence-corrected chi connectivity index (χ4v) is 4.04. The molecule has 0 radical (unpaired) electrons. The highest BCUT2D eigenvalue weighted by Gasteiger charge is 2.45. The highest BCUT2D eigenvalue weighted by Crippen LogP contribution is 2.30. The van der Waals surface area contributed by atoms with Crippen molar-refractivity contribution in [2.24, 2.45) is 5.92 Å². The Morgan fingerprint density at radius 3 is 2.61 bits per heavy atom. The van der Waals surface area contributed by atoms with Crippen molar-refractivity contribution in [2.75, 3.05) is 26.7 Å². The summed E-state index contributed by atoms with van der Waals surface area (Å²) in [5.74, 6) is -1.16. The molecule has 1 aromatic carbocycles. The minimum absolute atomic E-state index is 0.120. The van der Waals surface area contributed by atoms with Gasteiger partial charge in [0.1, 0.15) is 6.04 Å². The fourth-order valence-electron chi connectivity index (χ4n) is 4.04. The van der Waals surface area contributed by atoms with Crippen LogP contribution in [0, 0.1) is 5.92 Å². The number of piperidine rings is 1. The number of fused-ring (bicyclic) bond motifs is 1. The van der Waals surface area contributed by atoms with Gasteiger partial charge in [0, 0.05) is 13.0 Å². The van der Waals surface area contributed by atoms with E-state index in [9.17, 15) is 19.2 Å². The quantitative estimate of drug-likeness (QED) is 0.677. The van der Waals surface area contributed by atoms with Crippen LogP contribution in [-0.2, 0) is 16.1 Å². The Labute approximate surface area is 163 Å². The number of imide groups is 2. The van der Waals surface area contributed by atoms with Gasteiger partial charge in [-0.05, 0) is 57.1 Å². The van der Waals surface area contributed by atoms with Crippen molar-refractivity contribution in [1.29, 1.82) is 0 Å². The van der Waals surface area contributed by atoms with Gasteiger partial charge in [-0.3, -0.25) is 29.4 Å². The molecule has 3 heterocycles. The molecule has 0 aromatic heterocycles. The smallest absolute Gasteiger partial charge is 0.262 e. The topological polar surface area (TPSA) is 98.8 Å². The monoisotopic (exact) mass is 384 g/mol. The lowest BCUT2D eigenvalue weighted by atomic mass is 9.98. The summed E-state index contributed by atoms with van der Waals surface area (Å²) >= 11 is 0. The van der Waals surface area contributed by atoms with E-state index in [1.54, 1.807) is 12.1 Å². The summed E-state index contributed by atoms with van der Waals surface area (Å²) in [5.41, 5.74) is 1.51. The molecule has 0 spiro atoms. The molecule has 2 fully saturated rings. The van der Waals surface area contributed by atoms with Crippen LogP contribution in [0.25, 0.3) is 0 Å². The third kappa shape index (κ3) is 3.33. The van der Waals surface area contributed by atoms with E-state index < -0.39 is 23.8 Å². The molecule has 1 aromatic rings. The van der Waals surface area contributed by atoms with Crippen LogP contribution >= 0.6 is 0 Å². The van der Waals surface area contributed by atoms with Crippen LogP contribution in [0.15, 0.2) is 18.2 Å². The summed E-state index contributed by atoms with van der Waals surface area (Å²) in [6, 6.07) is 4.34. The second-order valence-corrected chi connectivity index (χ2v) is 7.84. The van der Waals surface area contributed by atoms with E-state index in [0.717, 1.165) is 36.5 Å². The maximum absolute atomic E-state index is 13.1. The number of hydrogen-bond donors (Lipinski definition) is 2. The minimum Gasteiger partial charge on any atom is -0.316 e. The van der Waals surface area contributed by atoms with Crippen molar-refractivity contribution in [1.82, 2.24) is 20.4 Å². The Balaban J connectivity index is 1.52. The van der Waals surface area contributed by atoms with Gasteiger partial charge < -0.3 is 10.2 Å². The molecular weight excluding hydrogens is 360 g/mol. The molecule has 28 heavy (non-hydrogen) atoms. The first-order chi connectivity index (χ1) is 13.5. The first kappa shape index (κ1) is 18.8. The van der Waals surface area contributed by atoms with Gasteiger partial charge in [-0.1, -0.05) is 12.1 Å². The predicted molar refractivity (Wildman–Crippen MR) is 100 cm³/mol. The van der Waals surface area contributed by atoms with Crippen molar-refractivity contribution in [3.05, 3.63) is 34.9 Å². The van der Waals surface area contributed by atoms with Gasteiger partial charge in [-0.15, -0.1) is 0 Å². The fraction of sp³-hybridized carbons (Fsp3) is 0.500. The summed E-state index contributed by atoms with van der Waals surface area (Å²) in [7, 11) is 2.00. The van der Waals surface area contributed by atoms with Crippen molar-refractivity contribution >= 4 is 23.6 Å². The molecule has 148 valence electrons. The largest absolute Gasteiger partial charge is 0.316 e. The number of nitrogens with one attached hydrogen (secondary N) is 2. The van der Waals surface area contributed by atoms with Gasteiger partial charge in [0.05, 0.1) is 11.1 Å². The second-order valence-electron chi connectivity index (χ2n) is 7.84. The molecule has 2 saturated heterocycles. The highest BCUT2D eigenvalue weighted by atomic mass is 16.2. The highest BCUT2D eigenvalue weighted by molar-refractivity contribution is 6.24. The lowest BCUT2D eigenvalue weighted by molar-refractivity contribution is -0.136. The third-order valence-corrected chi connectivity index (χ3v) is 5.78. The number of carbonyl (C=O) groups is 4. The van der Waals surface area contributed by atoms with Crippen LogP contribution in [0.1, 0.15) is 45.5 Å². The van der Waals surface area contributed by atoms with E-state index in [4.69, 9.17) is 0 Å². The number of nitrogens with zero attached hydrogens (tertiary/aromatic N) is 2. The number of rotatable bonds is 6. The van der Waals surface area contributed by atoms with E-state index in [0.29, 0.717) is 23.6 Å². The van der Waals surface area contributed by atoms with E-state index >= 15 is 0 Å². The molecule has 4 amide bonds. The molecule has 0 aliphatic carbocycles. The van der Waals surface area contributed by atoms with Gasteiger partial charge in [0.25, 0.3) is 11.8 Å². The molecule has 1 atom stereocenters. The van der Waals surface area contributed by atoms with Crippen LogP contribution in [0.4, 0.5) is 0 Å². The maximum Gasteiger partial charge on any atom is 0.262 e. The molecule has 3 aliphatic rings. The molecule has 8 heteroatoms. The van der Waals surface area contributed by atoms with E-state index in [2.05, 4.69) is 15.5 Å². The maximum atomic E-state index is 13.1. The average molecular weight is 384 g/mol. The SMILES string of the molecule is CN(CCC1CNC1)Cc1cccc2c1C(=O)N(C1CCC(=O)NC1=O)C2=O. The van der Waals surface area contributed by atoms with Crippen LogP contribution in [-0.4, -0.2) is 66.2 Å². The van der Waals surface area contributed by atoms with Crippen LogP contribution in [0.5, 0.6) is 0 Å². The molecule has 3 aliphatic heterocycles. The number of amides is 4. The summed E-state index contributed by atoms with van der Waals surface area (Å²) in [4.78, 5) is 52.7. The predicted octanol–water partition coefficient (Wildman–Crippen LogP) is 0.129. The van der Waals surface area contributed by atoms with Gasteiger partial charge in [0.2, 0.25) is 11.8 Å².